The van der Waals surface area contributed by atoms with Crippen LogP contribution in [-0.4, -0.2) is 3.21 Å². The number of fused-ring (bicyclic) bond motifs is 3. The van der Waals surface area contributed by atoms with Gasteiger partial charge in [0.05, 0.1) is 0 Å². The number of halogens is 2. The Morgan fingerprint density at radius 3 is 1.93 bits per heavy atom. The second kappa shape index (κ2) is 17.9. The van der Waals surface area contributed by atoms with Crippen molar-refractivity contribution in [1.29, 1.82) is 0 Å². The fourth-order valence-corrected chi connectivity index (χ4v) is 6.06. The molecule has 0 heterocycles. The molecule has 44 heavy (non-hydrogen) atoms. The minimum atomic E-state index is 0. The molecule has 0 aromatic heterocycles. The van der Waals surface area contributed by atoms with Gasteiger partial charge >= 0.3 is 99.2 Å². The molecule has 0 saturated carbocycles. The summed E-state index contributed by atoms with van der Waals surface area (Å²) in [5.41, 5.74) is 14.1. The van der Waals surface area contributed by atoms with Gasteiger partial charge in [-0.05, 0) is 18.9 Å². The topological polar surface area (TPSA) is 0 Å². The third kappa shape index (κ3) is 10.6. The van der Waals surface area contributed by atoms with Gasteiger partial charge in [-0.1, -0.05) is 88.6 Å². The van der Waals surface area contributed by atoms with E-state index in [-0.39, 0.29) is 24.8 Å². The number of unbranched alkanes of at least 4 members (excludes halogenated alkanes) is 1. The molecule has 0 N–H and O–H groups in total. The van der Waals surface area contributed by atoms with Gasteiger partial charge in [0, 0.05) is 0 Å². The molecule has 0 unspecified atom stereocenters. The summed E-state index contributed by atoms with van der Waals surface area (Å²) < 4.78 is 1.42. The number of rotatable bonds is 5. The van der Waals surface area contributed by atoms with Gasteiger partial charge in [-0.25, -0.2) is 6.07 Å². The van der Waals surface area contributed by atoms with Crippen LogP contribution < -0.4 is 24.8 Å². The fourth-order valence-electron chi connectivity index (χ4n) is 5.24. The molecule has 1 aliphatic rings. The molecule has 0 spiro atoms. The number of hydrogen-bond acceptors (Lipinski definition) is 0. The van der Waals surface area contributed by atoms with Crippen LogP contribution in [0.4, 0.5) is 0 Å². The predicted molar refractivity (Wildman–Crippen MR) is 178 cm³/mol. The fraction of sp³-hybridized carbons (Fsp3) is 0.268. The van der Waals surface area contributed by atoms with Gasteiger partial charge in [0.1, 0.15) is 0 Å². The second-order valence-electron chi connectivity index (χ2n) is 12.3. The molecule has 1 aliphatic carbocycles. The molecule has 5 aromatic rings. The summed E-state index contributed by atoms with van der Waals surface area (Å²) in [4.78, 5) is 0. The van der Waals surface area contributed by atoms with E-state index in [1.807, 2.05) is 0 Å². The Morgan fingerprint density at radius 2 is 1.39 bits per heavy atom. The van der Waals surface area contributed by atoms with E-state index < -0.39 is 0 Å². The van der Waals surface area contributed by atoms with Crippen LogP contribution in [0.5, 0.6) is 0 Å². The first kappa shape index (κ1) is 37.7. The monoisotopic (exact) mass is 696 g/mol. The van der Waals surface area contributed by atoms with Gasteiger partial charge in [0.2, 0.25) is 0 Å². The Kier molecular flexibility index (Phi) is 15.4. The Labute approximate surface area is 293 Å². The Hall–Kier alpha value is -2.44. The van der Waals surface area contributed by atoms with E-state index in [0.717, 1.165) is 6.42 Å². The summed E-state index contributed by atoms with van der Waals surface area (Å²) in [7, 11) is 0. The zero-order valence-corrected chi connectivity index (χ0v) is 30.9. The maximum absolute atomic E-state index is 3.45. The molecule has 0 saturated heterocycles. The van der Waals surface area contributed by atoms with Crippen LogP contribution in [0.3, 0.4) is 0 Å². The van der Waals surface area contributed by atoms with E-state index in [2.05, 4.69) is 157 Å². The van der Waals surface area contributed by atoms with Crippen molar-refractivity contribution in [3.05, 3.63) is 160 Å². The molecule has 0 bridgehead atoms. The molecule has 228 valence electrons. The number of aryl methyl sites for hydroxylation is 3. The van der Waals surface area contributed by atoms with Crippen LogP contribution in [0, 0.1) is 19.9 Å². The molecule has 0 atom stereocenters. The van der Waals surface area contributed by atoms with Crippen molar-refractivity contribution in [2.45, 2.75) is 72.6 Å². The molecule has 0 amide bonds. The third-order valence-corrected chi connectivity index (χ3v) is 9.14. The second-order valence-corrected chi connectivity index (χ2v) is 13.6. The van der Waals surface area contributed by atoms with E-state index in [1.54, 1.807) is 0 Å². The summed E-state index contributed by atoms with van der Waals surface area (Å²) in [5.74, 6) is 0. The van der Waals surface area contributed by atoms with Gasteiger partial charge in [-0.2, -0.15) is 47.0 Å². The van der Waals surface area contributed by atoms with Crippen LogP contribution in [0.2, 0.25) is 0 Å². The first-order chi connectivity index (χ1) is 20.2. The molecule has 0 radical (unpaired) electrons. The molecular formula is C41H44Cl2Zr-2. The summed E-state index contributed by atoms with van der Waals surface area (Å²) >= 11 is 1.46. The van der Waals surface area contributed by atoms with Gasteiger partial charge in [-0.3, -0.25) is 0 Å². The molecule has 0 fully saturated rings. The zero-order chi connectivity index (χ0) is 30.1. The average molecular weight is 699 g/mol. The van der Waals surface area contributed by atoms with Crippen molar-refractivity contribution in [2.24, 2.45) is 0 Å². The van der Waals surface area contributed by atoms with Crippen molar-refractivity contribution in [2.75, 3.05) is 0 Å². The zero-order valence-electron chi connectivity index (χ0n) is 27.0. The minimum absolute atomic E-state index is 0. The summed E-state index contributed by atoms with van der Waals surface area (Å²) in [6.07, 6.45) is 4.89. The summed E-state index contributed by atoms with van der Waals surface area (Å²) in [6, 6.07) is 42.5. The van der Waals surface area contributed by atoms with Crippen LogP contribution in [-0.2, 0) is 42.5 Å². The van der Waals surface area contributed by atoms with Crippen LogP contribution in [0.1, 0.15) is 85.0 Å². The molecule has 0 nitrogen and oxygen atoms in total. The average Bonchev–Trinajstić information content (AvgIpc) is 3.61. The molecule has 6 rings (SSSR count). The van der Waals surface area contributed by atoms with E-state index in [4.69, 9.17) is 0 Å². The predicted octanol–water partition coefficient (Wildman–Crippen LogP) is 4.53. The molecular weight excluding hydrogens is 655 g/mol. The first-order valence-electron chi connectivity index (χ1n) is 15.2. The van der Waals surface area contributed by atoms with Crippen molar-refractivity contribution in [3.63, 3.8) is 0 Å². The molecule has 5 aromatic carbocycles. The van der Waals surface area contributed by atoms with Gasteiger partial charge in [0.25, 0.3) is 0 Å². The van der Waals surface area contributed by atoms with E-state index >= 15 is 0 Å². The maximum atomic E-state index is 3.45. The summed E-state index contributed by atoms with van der Waals surface area (Å²) in [6.45, 7) is 13.3. The van der Waals surface area contributed by atoms with Gasteiger partial charge in [0.15, 0.2) is 0 Å². The SMILES string of the molecule is CCCCc1cc(C(C)(C)C)c[cH-]1.Cc1[c-]c2c(cc1)-c1ccc(C)cc1C2.[Cl-].[Cl-].[Zr+2]=[C](c1ccccc1)c1ccccc1. The Morgan fingerprint density at radius 1 is 0.795 bits per heavy atom. The van der Waals surface area contributed by atoms with Gasteiger partial charge < -0.3 is 24.8 Å². The van der Waals surface area contributed by atoms with Crippen molar-refractivity contribution >= 4 is 3.21 Å². The van der Waals surface area contributed by atoms with Crippen molar-refractivity contribution in [3.8, 4) is 11.1 Å². The van der Waals surface area contributed by atoms with Crippen molar-refractivity contribution < 1.29 is 49.0 Å². The molecule has 3 heteroatoms. The van der Waals surface area contributed by atoms with Crippen LogP contribution >= 0.6 is 0 Å². The standard InChI is InChI=1S/C15H13.C13H10.C13H21.2ClH.Zr/c1-10-3-5-14-12(7-10)9-13-8-11(2)4-6-15(13)14;1-3-7-12(8-4-1)11-13-9-5-2-6-10-13;1-5-6-7-11-8-9-12(10-11)13(2,3)4;;;/h3-7H,9H2,1-2H3;1-10H;8-10H,5-7H2,1-4H3;2*1H;/q-1;;-1;;;+2/p-2. The van der Waals surface area contributed by atoms with Gasteiger partial charge in [-0.15, -0.1) is 11.1 Å². The normalized spacial score (nSPS) is 10.9. The van der Waals surface area contributed by atoms with Crippen LogP contribution in [0.15, 0.2) is 109 Å². The first-order valence-corrected chi connectivity index (χ1v) is 16.5. The van der Waals surface area contributed by atoms with E-state index in [0.29, 0.717) is 5.41 Å². The van der Waals surface area contributed by atoms with Crippen molar-refractivity contribution in [1.82, 2.24) is 0 Å². The summed E-state index contributed by atoms with van der Waals surface area (Å²) in [5, 5.41) is 0. The Bertz CT molecular complexity index is 1500. The quantitative estimate of drug-likeness (QED) is 0.233. The third-order valence-electron chi connectivity index (χ3n) is 7.72. The Balaban J connectivity index is 0.000000226. The van der Waals surface area contributed by atoms with Crippen LogP contribution in [0.25, 0.3) is 11.1 Å². The van der Waals surface area contributed by atoms with E-state index in [1.165, 1.54) is 102 Å². The number of benzene rings is 4. The molecule has 0 aliphatic heterocycles. The van der Waals surface area contributed by atoms with E-state index in [9.17, 15) is 0 Å². The number of hydrogen-bond donors (Lipinski definition) is 0.